The molecule has 1 aromatic carbocycles. The molecule has 0 aliphatic carbocycles. The SMILES string of the molecule is Cc1c(NC(=O)CCc2nc(-c3cccs3)no2)cccc1C(=O)N1CCc2sccc2C1. The first-order valence-corrected chi connectivity index (χ1v) is 12.4. The monoisotopic (exact) mass is 478 g/mol. The van der Waals surface area contributed by atoms with E-state index in [4.69, 9.17) is 4.52 Å². The van der Waals surface area contributed by atoms with Crippen LogP contribution in [0.3, 0.4) is 0 Å². The summed E-state index contributed by atoms with van der Waals surface area (Å²) in [6.45, 7) is 3.21. The second-order valence-corrected chi connectivity index (χ2v) is 9.81. The van der Waals surface area contributed by atoms with Crippen LogP contribution in [0.2, 0.25) is 0 Å². The standard InChI is InChI=1S/C24H22N4O3S2/c1-15-17(24(30)28-11-9-19-16(14-28)10-13-33-19)4-2-5-18(15)25-21(29)7-8-22-26-23(27-31-22)20-6-3-12-32-20/h2-6,10,12-13H,7-9,11,14H2,1H3,(H,25,29). The van der Waals surface area contributed by atoms with Crippen LogP contribution in [0.4, 0.5) is 5.69 Å². The molecule has 4 heterocycles. The smallest absolute Gasteiger partial charge is 0.254 e. The lowest BCUT2D eigenvalue weighted by molar-refractivity contribution is -0.116. The molecule has 0 bridgehead atoms. The number of nitrogens with one attached hydrogen (secondary N) is 1. The van der Waals surface area contributed by atoms with E-state index >= 15 is 0 Å². The fraction of sp³-hybridized carbons (Fsp3) is 0.250. The topological polar surface area (TPSA) is 88.3 Å². The van der Waals surface area contributed by atoms with Gasteiger partial charge in [-0.15, -0.1) is 22.7 Å². The first-order chi connectivity index (χ1) is 16.1. The molecule has 4 aromatic rings. The van der Waals surface area contributed by atoms with Crippen molar-refractivity contribution < 1.29 is 14.1 Å². The number of hydrogen-bond acceptors (Lipinski definition) is 7. The van der Waals surface area contributed by atoms with Crippen molar-refractivity contribution in [2.75, 3.05) is 11.9 Å². The summed E-state index contributed by atoms with van der Waals surface area (Å²) in [5.74, 6) is 0.786. The van der Waals surface area contributed by atoms with Crippen LogP contribution in [0.15, 0.2) is 51.7 Å². The molecule has 168 valence electrons. The van der Waals surface area contributed by atoms with Gasteiger partial charge in [-0.05, 0) is 59.5 Å². The number of rotatable bonds is 6. The van der Waals surface area contributed by atoms with E-state index in [-0.39, 0.29) is 18.2 Å². The summed E-state index contributed by atoms with van der Waals surface area (Å²) in [6.07, 6.45) is 1.44. The minimum absolute atomic E-state index is 0.00702. The van der Waals surface area contributed by atoms with Crippen LogP contribution < -0.4 is 5.32 Å². The van der Waals surface area contributed by atoms with Gasteiger partial charge in [-0.2, -0.15) is 4.98 Å². The first kappa shape index (κ1) is 21.5. The van der Waals surface area contributed by atoms with Crippen molar-refractivity contribution >= 4 is 40.2 Å². The fourth-order valence-corrected chi connectivity index (χ4v) is 5.43. The van der Waals surface area contributed by atoms with Gasteiger partial charge in [0.15, 0.2) is 0 Å². The van der Waals surface area contributed by atoms with Crippen molar-refractivity contribution in [2.24, 2.45) is 0 Å². The third kappa shape index (κ3) is 4.60. The van der Waals surface area contributed by atoms with Gasteiger partial charge in [-0.25, -0.2) is 0 Å². The minimum atomic E-state index is -0.167. The first-order valence-electron chi connectivity index (χ1n) is 10.7. The molecule has 1 aliphatic rings. The van der Waals surface area contributed by atoms with E-state index in [0.717, 1.165) is 16.9 Å². The maximum atomic E-state index is 13.2. The van der Waals surface area contributed by atoms with Gasteiger partial charge >= 0.3 is 0 Å². The lowest BCUT2D eigenvalue weighted by atomic mass is 10.0. The van der Waals surface area contributed by atoms with Crippen LogP contribution >= 0.6 is 22.7 Å². The highest BCUT2D eigenvalue weighted by Crippen LogP contribution is 2.27. The minimum Gasteiger partial charge on any atom is -0.339 e. The molecule has 0 saturated heterocycles. The molecule has 0 radical (unpaired) electrons. The Bertz CT molecular complexity index is 1290. The van der Waals surface area contributed by atoms with Crippen molar-refractivity contribution in [3.63, 3.8) is 0 Å². The number of fused-ring (bicyclic) bond motifs is 1. The third-order valence-electron chi connectivity index (χ3n) is 5.71. The maximum Gasteiger partial charge on any atom is 0.254 e. The van der Waals surface area contributed by atoms with Crippen LogP contribution in [0.25, 0.3) is 10.7 Å². The average Bonchev–Trinajstić information content (AvgIpc) is 3.59. The summed E-state index contributed by atoms with van der Waals surface area (Å²) in [5.41, 5.74) is 3.25. The zero-order chi connectivity index (χ0) is 22.8. The summed E-state index contributed by atoms with van der Waals surface area (Å²) >= 11 is 3.28. The Hall–Kier alpha value is -3.30. The second-order valence-electron chi connectivity index (χ2n) is 7.86. The van der Waals surface area contributed by atoms with E-state index in [9.17, 15) is 9.59 Å². The third-order valence-corrected chi connectivity index (χ3v) is 7.60. The fourth-order valence-electron chi connectivity index (χ4n) is 3.89. The molecular weight excluding hydrogens is 456 g/mol. The highest BCUT2D eigenvalue weighted by atomic mass is 32.1. The number of amides is 2. The Morgan fingerprint density at radius 3 is 2.91 bits per heavy atom. The van der Waals surface area contributed by atoms with Crippen LogP contribution in [0, 0.1) is 6.92 Å². The van der Waals surface area contributed by atoms with Gasteiger partial charge in [0.05, 0.1) is 4.88 Å². The molecular formula is C24H22N4O3S2. The molecule has 0 spiro atoms. The molecule has 0 atom stereocenters. The van der Waals surface area contributed by atoms with Crippen molar-refractivity contribution in [2.45, 2.75) is 32.7 Å². The lowest BCUT2D eigenvalue weighted by Gasteiger charge is -2.28. The Kier molecular flexibility index (Phi) is 6.06. The van der Waals surface area contributed by atoms with E-state index in [2.05, 4.69) is 26.9 Å². The number of thiophene rings is 2. The molecule has 33 heavy (non-hydrogen) atoms. The van der Waals surface area contributed by atoms with Gasteiger partial charge in [-0.1, -0.05) is 17.3 Å². The number of carbonyl (C=O) groups is 2. The van der Waals surface area contributed by atoms with E-state index in [1.807, 2.05) is 41.5 Å². The zero-order valence-corrected chi connectivity index (χ0v) is 19.7. The molecule has 3 aromatic heterocycles. The summed E-state index contributed by atoms with van der Waals surface area (Å²) in [7, 11) is 0. The molecule has 2 amide bonds. The quantitative estimate of drug-likeness (QED) is 0.424. The van der Waals surface area contributed by atoms with Crippen LogP contribution in [0.1, 0.15) is 38.7 Å². The Morgan fingerprint density at radius 2 is 2.06 bits per heavy atom. The lowest BCUT2D eigenvalue weighted by Crippen LogP contribution is -2.35. The van der Waals surface area contributed by atoms with Crippen LogP contribution in [-0.2, 0) is 24.2 Å². The van der Waals surface area contributed by atoms with Crippen molar-refractivity contribution in [3.05, 3.63) is 74.6 Å². The summed E-state index contributed by atoms with van der Waals surface area (Å²) in [6, 6.07) is 11.4. The molecule has 7 nitrogen and oxygen atoms in total. The normalized spacial score (nSPS) is 13.1. The van der Waals surface area contributed by atoms with Gasteiger partial charge in [-0.3, -0.25) is 9.59 Å². The number of aromatic nitrogens is 2. The van der Waals surface area contributed by atoms with Gasteiger partial charge in [0.2, 0.25) is 17.6 Å². The summed E-state index contributed by atoms with van der Waals surface area (Å²) < 4.78 is 5.27. The number of nitrogens with zero attached hydrogens (tertiary/aromatic N) is 3. The van der Waals surface area contributed by atoms with Gasteiger partial charge in [0.1, 0.15) is 0 Å². The predicted octanol–water partition coefficient (Wildman–Crippen LogP) is 4.94. The second kappa shape index (κ2) is 9.29. The highest BCUT2D eigenvalue weighted by Gasteiger charge is 2.24. The van der Waals surface area contributed by atoms with Crippen LogP contribution in [0.5, 0.6) is 0 Å². The Morgan fingerprint density at radius 1 is 1.15 bits per heavy atom. The number of hydrogen-bond donors (Lipinski definition) is 1. The summed E-state index contributed by atoms with van der Waals surface area (Å²) in [4.78, 5) is 34.3. The average molecular weight is 479 g/mol. The molecule has 0 unspecified atom stereocenters. The molecule has 1 aliphatic heterocycles. The Balaban J connectivity index is 1.22. The Labute approximate surface area is 199 Å². The van der Waals surface area contributed by atoms with Crippen molar-refractivity contribution in [3.8, 4) is 10.7 Å². The van der Waals surface area contributed by atoms with Crippen molar-refractivity contribution in [1.29, 1.82) is 0 Å². The number of benzene rings is 1. The van der Waals surface area contributed by atoms with Gasteiger partial charge in [0.25, 0.3) is 5.91 Å². The highest BCUT2D eigenvalue weighted by molar-refractivity contribution is 7.13. The largest absolute Gasteiger partial charge is 0.339 e. The number of aryl methyl sites for hydroxylation is 1. The summed E-state index contributed by atoms with van der Waals surface area (Å²) in [5, 5.41) is 10.9. The van der Waals surface area contributed by atoms with Crippen molar-refractivity contribution in [1.82, 2.24) is 15.0 Å². The maximum absolute atomic E-state index is 13.2. The van der Waals surface area contributed by atoms with Gasteiger partial charge in [0, 0.05) is 42.1 Å². The van der Waals surface area contributed by atoms with Gasteiger partial charge < -0.3 is 14.7 Å². The van der Waals surface area contributed by atoms with E-state index < -0.39 is 0 Å². The van der Waals surface area contributed by atoms with E-state index in [0.29, 0.717) is 42.5 Å². The number of anilines is 1. The predicted molar refractivity (Wildman–Crippen MR) is 129 cm³/mol. The zero-order valence-electron chi connectivity index (χ0n) is 18.0. The number of carbonyl (C=O) groups excluding carboxylic acids is 2. The molecule has 0 saturated carbocycles. The molecule has 9 heteroatoms. The molecule has 0 fully saturated rings. The van der Waals surface area contributed by atoms with Crippen LogP contribution in [-0.4, -0.2) is 33.4 Å². The van der Waals surface area contributed by atoms with E-state index in [1.54, 1.807) is 17.4 Å². The van der Waals surface area contributed by atoms with E-state index in [1.165, 1.54) is 21.8 Å². The molecule has 1 N–H and O–H groups in total. The molecule has 5 rings (SSSR count).